The molecule has 1 aromatic carbocycles. The van der Waals surface area contributed by atoms with Crippen molar-refractivity contribution in [1.29, 1.82) is 5.26 Å². The summed E-state index contributed by atoms with van der Waals surface area (Å²) < 4.78 is 33.2. The van der Waals surface area contributed by atoms with Crippen LogP contribution in [-0.4, -0.2) is 31.0 Å². The third kappa shape index (κ3) is 3.48. The second kappa shape index (κ2) is 7.10. The minimum absolute atomic E-state index is 0.00788. The number of anilines is 2. The SMILES string of the molecule is COC(=O)c1c(N)c(C#N)cn1-c1ccc(S(=O)(=O)Nc2nccs2)cc1. The first-order valence-corrected chi connectivity index (χ1v) is 9.75. The van der Waals surface area contributed by atoms with Gasteiger partial charge in [0.1, 0.15) is 6.07 Å². The number of nitrogens with zero attached hydrogens (tertiary/aromatic N) is 3. The van der Waals surface area contributed by atoms with Crippen LogP contribution in [0.2, 0.25) is 0 Å². The lowest BCUT2D eigenvalue weighted by molar-refractivity contribution is 0.0593. The van der Waals surface area contributed by atoms with Crippen LogP contribution in [0.15, 0.2) is 46.9 Å². The van der Waals surface area contributed by atoms with Gasteiger partial charge in [-0.2, -0.15) is 5.26 Å². The number of ether oxygens (including phenoxy) is 1. The molecular weight excluding hydrogens is 390 g/mol. The van der Waals surface area contributed by atoms with E-state index in [0.717, 1.165) is 11.3 Å². The van der Waals surface area contributed by atoms with Crippen molar-refractivity contribution in [3.8, 4) is 11.8 Å². The van der Waals surface area contributed by atoms with Gasteiger partial charge in [-0.15, -0.1) is 11.3 Å². The number of hydrogen-bond acceptors (Lipinski definition) is 8. The summed E-state index contributed by atoms with van der Waals surface area (Å²) >= 11 is 1.16. The number of methoxy groups -OCH3 is 1. The molecule has 0 radical (unpaired) electrons. The Hall–Kier alpha value is -3.36. The van der Waals surface area contributed by atoms with Crippen molar-refractivity contribution in [3.05, 3.63) is 53.3 Å². The van der Waals surface area contributed by atoms with E-state index in [-0.39, 0.29) is 27.0 Å². The summed E-state index contributed by atoms with van der Waals surface area (Å²) in [6, 6.07) is 7.62. The van der Waals surface area contributed by atoms with Crippen LogP contribution < -0.4 is 10.5 Å². The van der Waals surface area contributed by atoms with Gasteiger partial charge in [0.25, 0.3) is 10.0 Å². The van der Waals surface area contributed by atoms with Crippen LogP contribution in [0.3, 0.4) is 0 Å². The van der Waals surface area contributed by atoms with E-state index in [4.69, 9.17) is 15.7 Å². The van der Waals surface area contributed by atoms with Gasteiger partial charge in [-0.05, 0) is 24.3 Å². The van der Waals surface area contributed by atoms with Gasteiger partial charge in [0.2, 0.25) is 0 Å². The average Bonchev–Trinajstić information content (AvgIpc) is 3.28. The van der Waals surface area contributed by atoms with E-state index in [2.05, 4.69) is 9.71 Å². The first-order valence-electron chi connectivity index (χ1n) is 7.39. The zero-order valence-corrected chi connectivity index (χ0v) is 15.5. The molecule has 0 aliphatic carbocycles. The van der Waals surface area contributed by atoms with E-state index >= 15 is 0 Å². The summed E-state index contributed by atoms with van der Waals surface area (Å²) in [5.74, 6) is -0.712. The maximum atomic E-state index is 12.4. The molecule has 0 atom stereocenters. The largest absolute Gasteiger partial charge is 0.464 e. The van der Waals surface area contributed by atoms with E-state index in [1.807, 2.05) is 6.07 Å². The molecular formula is C16H13N5O4S2. The molecule has 0 fully saturated rings. The third-order valence-electron chi connectivity index (χ3n) is 3.62. The highest BCUT2D eigenvalue weighted by molar-refractivity contribution is 7.93. The van der Waals surface area contributed by atoms with Gasteiger partial charge in [0.05, 0.1) is 23.3 Å². The summed E-state index contributed by atoms with van der Waals surface area (Å²) in [4.78, 5) is 15.9. The normalized spacial score (nSPS) is 11.0. The maximum Gasteiger partial charge on any atom is 0.357 e. The Morgan fingerprint density at radius 2 is 2.07 bits per heavy atom. The molecule has 0 spiro atoms. The first kappa shape index (κ1) is 18.4. The van der Waals surface area contributed by atoms with Crippen molar-refractivity contribution in [2.45, 2.75) is 4.90 Å². The van der Waals surface area contributed by atoms with Crippen LogP contribution in [0, 0.1) is 11.3 Å². The number of aromatic nitrogens is 2. The fourth-order valence-electron chi connectivity index (χ4n) is 2.35. The van der Waals surface area contributed by atoms with E-state index in [0.29, 0.717) is 5.69 Å². The lowest BCUT2D eigenvalue weighted by atomic mass is 10.2. The third-order valence-corrected chi connectivity index (χ3v) is 5.80. The molecule has 0 saturated heterocycles. The van der Waals surface area contributed by atoms with Crippen molar-refractivity contribution in [1.82, 2.24) is 9.55 Å². The van der Waals surface area contributed by atoms with Gasteiger partial charge >= 0.3 is 5.97 Å². The number of nitrogens with one attached hydrogen (secondary N) is 1. The van der Waals surface area contributed by atoms with Crippen molar-refractivity contribution in [3.63, 3.8) is 0 Å². The number of sulfonamides is 1. The van der Waals surface area contributed by atoms with Gasteiger partial charge < -0.3 is 15.0 Å². The van der Waals surface area contributed by atoms with Crippen LogP contribution in [0.25, 0.3) is 5.69 Å². The molecule has 11 heteroatoms. The number of nitriles is 1. The highest BCUT2D eigenvalue weighted by atomic mass is 32.2. The maximum absolute atomic E-state index is 12.4. The Morgan fingerprint density at radius 3 is 2.63 bits per heavy atom. The van der Waals surface area contributed by atoms with Crippen molar-refractivity contribution in [2.24, 2.45) is 0 Å². The molecule has 0 unspecified atom stereocenters. The minimum atomic E-state index is -3.80. The summed E-state index contributed by atoms with van der Waals surface area (Å²) in [7, 11) is -2.60. The number of benzene rings is 1. The Kier molecular flexibility index (Phi) is 4.85. The number of nitrogens with two attached hydrogens (primary N) is 1. The van der Waals surface area contributed by atoms with E-state index in [1.54, 1.807) is 5.38 Å². The van der Waals surface area contributed by atoms with Gasteiger partial charge in [0.15, 0.2) is 10.8 Å². The number of thiazole rings is 1. The highest BCUT2D eigenvalue weighted by Crippen LogP contribution is 2.26. The van der Waals surface area contributed by atoms with Crippen molar-refractivity contribution >= 4 is 38.1 Å². The Labute approximate surface area is 158 Å². The molecule has 0 aliphatic heterocycles. The highest BCUT2D eigenvalue weighted by Gasteiger charge is 2.22. The van der Waals surface area contributed by atoms with Crippen LogP contribution in [0.1, 0.15) is 16.1 Å². The lowest BCUT2D eigenvalue weighted by Crippen LogP contribution is -2.13. The number of hydrogen-bond donors (Lipinski definition) is 2. The summed E-state index contributed by atoms with van der Waals surface area (Å²) in [5, 5.41) is 11.0. The van der Waals surface area contributed by atoms with E-state index in [1.165, 1.54) is 48.3 Å². The molecule has 9 nitrogen and oxygen atoms in total. The number of carbonyl (C=O) groups is 1. The van der Waals surface area contributed by atoms with Crippen LogP contribution >= 0.6 is 11.3 Å². The fraction of sp³-hybridized carbons (Fsp3) is 0.0625. The lowest BCUT2D eigenvalue weighted by Gasteiger charge is -2.10. The molecule has 0 aliphatic rings. The number of nitrogen functional groups attached to an aromatic ring is 1. The molecule has 3 aromatic rings. The first-order chi connectivity index (χ1) is 12.9. The molecule has 27 heavy (non-hydrogen) atoms. The summed E-state index contributed by atoms with van der Waals surface area (Å²) in [6.07, 6.45) is 2.88. The van der Waals surface area contributed by atoms with Gasteiger partial charge in [-0.1, -0.05) is 0 Å². The predicted octanol–water partition coefficient (Wildman–Crippen LogP) is 1.98. The van der Waals surface area contributed by atoms with Crippen molar-refractivity contribution < 1.29 is 17.9 Å². The smallest absolute Gasteiger partial charge is 0.357 e. The average molecular weight is 403 g/mol. The summed E-state index contributed by atoms with van der Waals surface area (Å²) in [6.45, 7) is 0. The second-order valence-corrected chi connectivity index (χ2v) is 7.79. The molecule has 3 rings (SSSR count). The molecule has 0 saturated carbocycles. The molecule has 0 amide bonds. The van der Waals surface area contributed by atoms with Crippen molar-refractivity contribution in [2.75, 3.05) is 17.6 Å². The number of rotatable bonds is 5. The number of carbonyl (C=O) groups excluding carboxylic acids is 1. The standard InChI is InChI=1S/C16H13N5O4S2/c1-25-15(22)14-13(18)10(8-17)9-21(14)11-2-4-12(5-3-11)27(23,24)20-16-19-6-7-26-16/h2-7,9H,18H2,1H3,(H,19,20). The monoisotopic (exact) mass is 403 g/mol. The number of esters is 1. The van der Waals surface area contributed by atoms with Crippen LogP contribution in [0.5, 0.6) is 0 Å². The quantitative estimate of drug-likeness (QED) is 0.621. The minimum Gasteiger partial charge on any atom is -0.464 e. The zero-order valence-electron chi connectivity index (χ0n) is 13.9. The zero-order chi connectivity index (χ0) is 19.6. The summed E-state index contributed by atoms with van der Waals surface area (Å²) in [5.41, 5.74) is 6.38. The van der Waals surface area contributed by atoms with Crippen LogP contribution in [0.4, 0.5) is 10.8 Å². The topological polar surface area (TPSA) is 140 Å². The molecule has 2 heterocycles. The Balaban J connectivity index is 1.99. The van der Waals surface area contributed by atoms with Gasteiger partial charge in [-0.25, -0.2) is 18.2 Å². The Morgan fingerprint density at radius 1 is 1.37 bits per heavy atom. The molecule has 2 aromatic heterocycles. The Bertz CT molecular complexity index is 1130. The molecule has 0 bridgehead atoms. The predicted molar refractivity (Wildman–Crippen MR) is 99.2 cm³/mol. The van der Waals surface area contributed by atoms with E-state index < -0.39 is 16.0 Å². The molecule has 138 valence electrons. The second-order valence-electron chi connectivity index (χ2n) is 5.22. The van der Waals surface area contributed by atoms with Gasteiger partial charge in [0, 0.05) is 23.5 Å². The van der Waals surface area contributed by atoms with Gasteiger partial charge in [-0.3, -0.25) is 4.72 Å². The molecule has 3 N–H and O–H groups in total. The fourth-order valence-corrected chi connectivity index (χ4v) is 4.14. The van der Waals surface area contributed by atoms with Crippen LogP contribution in [-0.2, 0) is 14.8 Å². The van der Waals surface area contributed by atoms with E-state index in [9.17, 15) is 13.2 Å².